The number of sulfone groups is 1. The number of hydrogen-bond donors (Lipinski definition) is 0. The summed E-state index contributed by atoms with van der Waals surface area (Å²) in [4.78, 5) is 0. The van der Waals surface area contributed by atoms with Crippen molar-refractivity contribution in [2.45, 2.75) is 57.6 Å². The fraction of sp³-hybridized carbons (Fsp3) is 0.625. The molecule has 0 saturated carbocycles. The van der Waals surface area contributed by atoms with Crippen LogP contribution in [-0.4, -0.2) is 19.4 Å². The molecule has 0 aromatic heterocycles. The van der Waals surface area contributed by atoms with E-state index in [0.29, 0.717) is 5.75 Å². The van der Waals surface area contributed by atoms with E-state index in [0.717, 1.165) is 43.5 Å². The van der Waals surface area contributed by atoms with E-state index in [1.54, 1.807) is 13.8 Å². The number of rotatable bonds is 9. The number of halogens is 1. The molecular formula is C16H25ClO2S. The van der Waals surface area contributed by atoms with Gasteiger partial charge < -0.3 is 0 Å². The molecule has 0 aliphatic heterocycles. The van der Waals surface area contributed by atoms with Crippen molar-refractivity contribution in [2.24, 2.45) is 0 Å². The number of unbranched alkanes of at least 4 members (excludes halogenated alkanes) is 4. The van der Waals surface area contributed by atoms with Gasteiger partial charge in [-0.05, 0) is 50.8 Å². The molecule has 1 aromatic rings. The molecule has 20 heavy (non-hydrogen) atoms. The second-order valence-corrected chi connectivity index (χ2v) is 8.68. The zero-order valence-electron chi connectivity index (χ0n) is 12.4. The molecule has 0 aliphatic carbocycles. The minimum atomic E-state index is -2.85. The van der Waals surface area contributed by atoms with E-state index in [4.69, 9.17) is 11.6 Å². The highest BCUT2D eigenvalue weighted by atomic mass is 35.5. The Morgan fingerprint density at radius 3 is 2.35 bits per heavy atom. The molecule has 0 bridgehead atoms. The molecule has 0 unspecified atom stereocenters. The first-order valence-electron chi connectivity index (χ1n) is 7.38. The van der Waals surface area contributed by atoms with Gasteiger partial charge in [0.1, 0.15) is 0 Å². The molecule has 2 nitrogen and oxygen atoms in total. The van der Waals surface area contributed by atoms with Crippen LogP contribution in [0.5, 0.6) is 0 Å². The average molecular weight is 317 g/mol. The van der Waals surface area contributed by atoms with Crippen LogP contribution >= 0.6 is 11.6 Å². The molecule has 0 N–H and O–H groups in total. The van der Waals surface area contributed by atoms with E-state index in [1.165, 1.54) is 5.56 Å². The van der Waals surface area contributed by atoms with Crippen LogP contribution < -0.4 is 0 Å². The third kappa shape index (κ3) is 6.76. The highest BCUT2D eigenvalue weighted by Gasteiger charge is 2.14. The summed E-state index contributed by atoms with van der Waals surface area (Å²) in [5, 5.41) is 0.548. The molecule has 0 fully saturated rings. The Hall–Kier alpha value is -0.540. The first-order valence-corrected chi connectivity index (χ1v) is 9.47. The molecular weight excluding hydrogens is 292 g/mol. The number of aryl methyl sites for hydroxylation is 1. The summed E-state index contributed by atoms with van der Waals surface area (Å²) in [6.07, 6.45) is 6.23. The Kier molecular flexibility index (Phi) is 7.60. The maximum atomic E-state index is 11.6. The van der Waals surface area contributed by atoms with Gasteiger partial charge in [-0.15, -0.1) is 0 Å². The minimum Gasteiger partial charge on any atom is -0.229 e. The van der Waals surface area contributed by atoms with Crippen molar-refractivity contribution in [3.05, 3.63) is 34.9 Å². The molecule has 114 valence electrons. The van der Waals surface area contributed by atoms with Crippen LogP contribution in [0.4, 0.5) is 0 Å². The van der Waals surface area contributed by atoms with Gasteiger partial charge in [0.25, 0.3) is 0 Å². The van der Waals surface area contributed by atoms with E-state index in [2.05, 4.69) is 6.07 Å². The van der Waals surface area contributed by atoms with Crippen molar-refractivity contribution in [3.8, 4) is 0 Å². The second kappa shape index (κ2) is 8.68. The topological polar surface area (TPSA) is 34.1 Å². The maximum Gasteiger partial charge on any atom is 0.152 e. The Morgan fingerprint density at radius 2 is 1.70 bits per heavy atom. The van der Waals surface area contributed by atoms with Gasteiger partial charge in [0.15, 0.2) is 9.84 Å². The SMILES string of the molecule is CC(C)S(=O)(=O)CCCCCCCc1cccc(Cl)c1. The van der Waals surface area contributed by atoms with Crippen LogP contribution in [-0.2, 0) is 16.3 Å². The van der Waals surface area contributed by atoms with Crippen molar-refractivity contribution in [2.75, 3.05) is 5.75 Å². The third-order valence-electron chi connectivity index (χ3n) is 3.50. The van der Waals surface area contributed by atoms with E-state index in [1.807, 2.05) is 18.2 Å². The van der Waals surface area contributed by atoms with Crippen LogP contribution in [0.2, 0.25) is 5.02 Å². The summed E-state index contributed by atoms with van der Waals surface area (Å²) < 4.78 is 23.2. The molecule has 0 atom stereocenters. The highest BCUT2D eigenvalue weighted by Crippen LogP contribution is 2.14. The van der Waals surface area contributed by atoms with Gasteiger partial charge in [-0.1, -0.05) is 43.0 Å². The summed E-state index contributed by atoms with van der Waals surface area (Å²) in [5.74, 6) is 0.332. The molecule has 0 amide bonds. The van der Waals surface area contributed by atoms with Crippen LogP contribution in [0, 0.1) is 0 Å². The first-order chi connectivity index (χ1) is 9.42. The van der Waals surface area contributed by atoms with Crippen molar-refractivity contribution >= 4 is 21.4 Å². The number of benzene rings is 1. The van der Waals surface area contributed by atoms with Crippen LogP contribution in [0.1, 0.15) is 51.5 Å². The highest BCUT2D eigenvalue weighted by molar-refractivity contribution is 7.91. The molecule has 0 heterocycles. The first kappa shape index (κ1) is 17.5. The lowest BCUT2D eigenvalue weighted by Gasteiger charge is -2.07. The fourth-order valence-corrected chi connectivity index (χ4v) is 3.38. The van der Waals surface area contributed by atoms with Gasteiger partial charge in [-0.25, -0.2) is 8.42 Å². The Morgan fingerprint density at radius 1 is 1.05 bits per heavy atom. The third-order valence-corrected chi connectivity index (χ3v) is 6.03. The Bertz CT molecular complexity index is 495. The molecule has 0 saturated heterocycles. The standard InChI is InChI=1S/C16H25ClO2S/c1-14(2)20(18,19)12-7-5-3-4-6-9-15-10-8-11-16(17)13-15/h8,10-11,13-14H,3-7,9,12H2,1-2H3. The second-order valence-electron chi connectivity index (χ2n) is 5.56. The van der Waals surface area contributed by atoms with Gasteiger partial charge in [-0.3, -0.25) is 0 Å². The van der Waals surface area contributed by atoms with Crippen molar-refractivity contribution in [1.82, 2.24) is 0 Å². The lowest BCUT2D eigenvalue weighted by Crippen LogP contribution is -2.17. The van der Waals surface area contributed by atoms with Crippen molar-refractivity contribution in [1.29, 1.82) is 0 Å². The lowest BCUT2D eigenvalue weighted by atomic mass is 10.1. The molecule has 1 rings (SSSR count). The quantitative estimate of drug-likeness (QED) is 0.621. The van der Waals surface area contributed by atoms with Gasteiger partial charge in [-0.2, -0.15) is 0 Å². The largest absolute Gasteiger partial charge is 0.229 e. The molecule has 0 spiro atoms. The van der Waals surface area contributed by atoms with E-state index in [-0.39, 0.29) is 5.25 Å². The zero-order chi connectivity index (χ0) is 15.0. The normalized spacial score (nSPS) is 12.0. The number of hydrogen-bond acceptors (Lipinski definition) is 2. The van der Waals surface area contributed by atoms with E-state index in [9.17, 15) is 8.42 Å². The maximum absolute atomic E-state index is 11.6. The van der Waals surface area contributed by atoms with E-state index < -0.39 is 9.84 Å². The van der Waals surface area contributed by atoms with Crippen LogP contribution in [0.15, 0.2) is 24.3 Å². The minimum absolute atomic E-state index is 0.245. The van der Waals surface area contributed by atoms with Crippen molar-refractivity contribution < 1.29 is 8.42 Å². The summed E-state index contributed by atoms with van der Waals surface area (Å²) in [7, 11) is -2.85. The average Bonchev–Trinajstić information content (AvgIpc) is 2.37. The van der Waals surface area contributed by atoms with Gasteiger partial charge in [0, 0.05) is 5.02 Å². The van der Waals surface area contributed by atoms with Gasteiger partial charge in [0.2, 0.25) is 0 Å². The molecule has 4 heteroatoms. The van der Waals surface area contributed by atoms with Crippen LogP contribution in [0.3, 0.4) is 0 Å². The Balaban J connectivity index is 2.09. The monoisotopic (exact) mass is 316 g/mol. The van der Waals surface area contributed by atoms with Crippen molar-refractivity contribution in [3.63, 3.8) is 0 Å². The summed E-state index contributed by atoms with van der Waals surface area (Å²) in [5.41, 5.74) is 1.28. The fourth-order valence-electron chi connectivity index (χ4n) is 2.09. The molecule has 0 radical (unpaired) electrons. The smallest absolute Gasteiger partial charge is 0.152 e. The van der Waals surface area contributed by atoms with Gasteiger partial charge in [0.05, 0.1) is 11.0 Å². The van der Waals surface area contributed by atoms with Gasteiger partial charge >= 0.3 is 0 Å². The Labute approximate surface area is 128 Å². The molecule has 0 aliphatic rings. The summed E-state index contributed by atoms with van der Waals surface area (Å²) in [6, 6.07) is 7.98. The summed E-state index contributed by atoms with van der Waals surface area (Å²) in [6.45, 7) is 3.50. The van der Waals surface area contributed by atoms with Crippen LogP contribution in [0.25, 0.3) is 0 Å². The summed E-state index contributed by atoms with van der Waals surface area (Å²) >= 11 is 5.94. The zero-order valence-corrected chi connectivity index (χ0v) is 14.0. The predicted octanol–water partition coefficient (Wildman–Crippen LogP) is 4.66. The predicted molar refractivity (Wildman–Crippen MR) is 87.2 cm³/mol. The lowest BCUT2D eigenvalue weighted by molar-refractivity contribution is 0.577. The van der Waals surface area contributed by atoms with E-state index >= 15 is 0 Å². The molecule has 1 aromatic carbocycles.